The van der Waals surface area contributed by atoms with Gasteiger partial charge in [0, 0.05) is 34.6 Å². The summed E-state index contributed by atoms with van der Waals surface area (Å²) < 4.78 is 1.59. The minimum atomic E-state index is 0.00597. The number of carbonyl (C=O) groups excluding carboxylic acids is 1. The molecule has 3 heterocycles. The van der Waals surface area contributed by atoms with E-state index >= 15 is 0 Å². The largest absolute Gasteiger partial charge is 0.360 e. The van der Waals surface area contributed by atoms with E-state index in [0.717, 1.165) is 40.4 Å². The Balaban J connectivity index is 1.46. The number of hydrogen-bond donors (Lipinski definition) is 1. The summed E-state index contributed by atoms with van der Waals surface area (Å²) in [5.41, 5.74) is 2.84. The number of thiophene rings is 1. The van der Waals surface area contributed by atoms with Crippen molar-refractivity contribution in [2.75, 3.05) is 5.75 Å². The molecule has 1 aromatic carbocycles. The van der Waals surface area contributed by atoms with Gasteiger partial charge in [-0.15, -0.1) is 11.3 Å². The highest BCUT2D eigenvalue weighted by molar-refractivity contribution is 7.99. The zero-order valence-electron chi connectivity index (χ0n) is 15.4. The number of Topliss-reactive ketones (excluding diaryl/α,β-unsaturated/α-hetero) is 1. The number of aromatic amines is 1. The Morgan fingerprint density at radius 3 is 3.00 bits per heavy atom. The van der Waals surface area contributed by atoms with Gasteiger partial charge in [-0.25, -0.2) is 4.98 Å². The summed E-state index contributed by atoms with van der Waals surface area (Å²) in [5, 5.41) is 2.31. The van der Waals surface area contributed by atoms with Gasteiger partial charge in [-0.3, -0.25) is 14.2 Å². The Morgan fingerprint density at radius 2 is 2.11 bits per heavy atom. The predicted molar refractivity (Wildman–Crippen MR) is 115 cm³/mol. The topological polar surface area (TPSA) is 67.8 Å². The third-order valence-corrected chi connectivity index (χ3v) is 7.59. The monoisotopic (exact) mass is 409 g/mol. The number of aromatic nitrogens is 3. The minimum absolute atomic E-state index is 0.00597. The lowest BCUT2D eigenvalue weighted by atomic mass is 9.97. The first kappa shape index (κ1) is 17.7. The molecule has 4 aromatic rings. The molecular weight excluding hydrogens is 390 g/mol. The molecule has 5 nitrogen and oxygen atoms in total. The van der Waals surface area contributed by atoms with Crippen LogP contribution in [0.25, 0.3) is 21.1 Å². The maximum atomic E-state index is 13.0. The van der Waals surface area contributed by atoms with Crippen LogP contribution in [-0.2, 0) is 19.9 Å². The van der Waals surface area contributed by atoms with Crippen molar-refractivity contribution in [1.29, 1.82) is 0 Å². The predicted octanol–water partition coefficient (Wildman–Crippen LogP) is 4.33. The van der Waals surface area contributed by atoms with Crippen molar-refractivity contribution >= 4 is 50.0 Å². The van der Waals surface area contributed by atoms with Crippen LogP contribution in [0, 0.1) is 0 Å². The molecule has 7 heteroatoms. The van der Waals surface area contributed by atoms with E-state index in [9.17, 15) is 9.59 Å². The molecule has 3 aromatic heterocycles. The molecule has 0 amide bonds. The van der Waals surface area contributed by atoms with Crippen LogP contribution in [0.2, 0.25) is 0 Å². The second-order valence-corrected chi connectivity index (χ2v) is 9.14. The summed E-state index contributed by atoms with van der Waals surface area (Å²) in [7, 11) is 1.75. The molecule has 5 rings (SSSR count). The SMILES string of the molecule is Cn1c(SCC(=O)c2c[nH]c3ccccc23)nc2sc3c(c2c1=O)CCCC3. The molecule has 0 spiro atoms. The number of hydrogen-bond acceptors (Lipinski definition) is 5. The quantitative estimate of drug-likeness (QED) is 0.309. The lowest BCUT2D eigenvalue weighted by Crippen LogP contribution is -2.21. The summed E-state index contributed by atoms with van der Waals surface area (Å²) >= 11 is 2.97. The van der Waals surface area contributed by atoms with Gasteiger partial charge in [-0.05, 0) is 37.3 Å². The maximum absolute atomic E-state index is 13.0. The van der Waals surface area contributed by atoms with Gasteiger partial charge in [-0.1, -0.05) is 30.0 Å². The van der Waals surface area contributed by atoms with Gasteiger partial charge in [0.15, 0.2) is 10.9 Å². The van der Waals surface area contributed by atoms with E-state index < -0.39 is 0 Å². The Hall–Kier alpha value is -2.38. The highest BCUT2D eigenvalue weighted by Crippen LogP contribution is 2.34. The number of para-hydroxylation sites is 1. The molecule has 0 saturated heterocycles. The normalized spacial score (nSPS) is 13.9. The zero-order chi connectivity index (χ0) is 19.3. The minimum Gasteiger partial charge on any atom is -0.360 e. The highest BCUT2D eigenvalue weighted by atomic mass is 32.2. The van der Waals surface area contributed by atoms with Crippen LogP contribution >= 0.6 is 23.1 Å². The average molecular weight is 410 g/mol. The van der Waals surface area contributed by atoms with E-state index in [4.69, 9.17) is 4.98 Å². The van der Waals surface area contributed by atoms with Crippen LogP contribution in [0.3, 0.4) is 0 Å². The molecule has 1 aliphatic carbocycles. The molecule has 142 valence electrons. The fourth-order valence-electron chi connectivity index (χ4n) is 3.91. The molecule has 0 bridgehead atoms. The number of nitrogens with zero attached hydrogens (tertiary/aromatic N) is 2. The van der Waals surface area contributed by atoms with E-state index in [1.54, 1.807) is 29.1 Å². The summed E-state index contributed by atoms with van der Waals surface area (Å²) in [6.07, 6.45) is 6.09. The number of thioether (sulfide) groups is 1. The van der Waals surface area contributed by atoms with Crippen LogP contribution in [-0.4, -0.2) is 26.1 Å². The van der Waals surface area contributed by atoms with Crippen LogP contribution in [0.15, 0.2) is 40.4 Å². The molecule has 0 saturated carbocycles. The van der Waals surface area contributed by atoms with Crippen molar-refractivity contribution in [3.63, 3.8) is 0 Å². The molecule has 0 fully saturated rings. The number of H-pyrrole nitrogens is 1. The standard InChI is InChI=1S/C21H19N3O2S2/c1-24-20(26)18-13-7-3-5-9-17(13)28-19(18)23-21(24)27-11-16(25)14-10-22-15-8-4-2-6-12(14)15/h2,4,6,8,10,22H,3,5,7,9,11H2,1H3. The van der Waals surface area contributed by atoms with Gasteiger partial charge in [0.25, 0.3) is 5.56 Å². The van der Waals surface area contributed by atoms with Crippen molar-refractivity contribution in [3.05, 3.63) is 56.8 Å². The first-order chi connectivity index (χ1) is 13.6. The number of nitrogens with one attached hydrogen (secondary N) is 1. The van der Waals surface area contributed by atoms with E-state index in [2.05, 4.69) is 4.98 Å². The molecule has 1 aliphatic rings. The summed E-state index contributed by atoms with van der Waals surface area (Å²) in [6.45, 7) is 0. The van der Waals surface area contributed by atoms with Gasteiger partial charge in [-0.2, -0.15) is 0 Å². The van der Waals surface area contributed by atoms with E-state index in [0.29, 0.717) is 10.7 Å². The van der Waals surface area contributed by atoms with Crippen molar-refractivity contribution < 1.29 is 4.79 Å². The highest BCUT2D eigenvalue weighted by Gasteiger charge is 2.22. The number of carbonyl (C=O) groups is 1. The summed E-state index contributed by atoms with van der Waals surface area (Å²) in [4.78, 5) is 35.7. The Morgan fingerprint density at radius 1 is 1.29 bits per heavy atom. The van der Waals surface area contributed by atoms with Gasteiger partial charge in [0.2, 0.25) is 0 Å². The molecule has 28 heavy (non-hydrogen) atoms. The third-order valence-electron chi connectivity index (χ3n) is 5.38. The smallest absolute Gasteiger partial charge is 0.262 e. The molecule has 0 atom stereocenters. The van der Waals surface area contributed by atoms with E-state index in [-0.39, 0.29) is 17.1 Å². The van der Waals surface area contributed by atoms with Crippen molar-refractivity contribution in [3.8, 4) is 0 Å². The molecule has 0 radical (unpaired) electrons. The number of ketones is 1. The zero-order valence-corrected chi connectivity index (χ0v) is 17.1. The van der Waals surface area contributed by atoms with E-state index in [1.807, 2.05) is 24.3 Å². The fourth-order valence-corrected chi connectivity index (χ4v) is 6.06. The summed E-state index contributed by atoms with van der Waals surface area (Å²) in [6, 6.07) is 7.77. The second kappa shape index (κ2) is 6.90. The van der Waals surface area contributed by atoms with Gasteiger partial charge >= 0.3 is 0 Å². The first-order valence-corrected chi connectivity index (χ1v) is 11.2. The van der Waals surface area contributed by atoms with Crippen molar-refractivity contribution in [2.45, 2.75) is 30.8 Å². The van der Waals surface area contributed by atoms with Crippen molar-refractivity contribution in [2.24, 2.45) is 7.05 Å². The summed E-state index contributed by atoms with van der Waals surface area (Å²) in [5.74, 6) is 0.279. The van der Waals surface area contributed by atoms with Gasteiger partial charge in [0.1, 0.15) is 4.83 Å². The van der Waals surface area contributed by atoms with Gasteiger partial charge in [0.05, 0.1) is 11.1 Å². The molecule has 0 unspecified atom stereocenters. The lowest BCUT2D eigenvalue weighted by Gasteiger charge is -2.10. The Kier molecular flexibility index (Phi) is 4.36. The fraction of sp³-hybridized carbons (Fsp3) is 0.286. The maximum Gasteiger partial charge on any atom is 0.262 e. The molecule has 0 aliphatic heterocycles. The number of aryl methyl sites for hydroxylation is 2. The third kappa shape index (κ3) is 2.81. The molecule has 1 N–H and O–H groups in total. The molecular formula is C21H19N3O2S2. The van der Waals surface area contributed by atoms with Crippen LogP contribution < -0.4 is 5.56 Å². The van der Waals surface area contributed by atoms with Crippen LogP contribution in [0.4, 0.5) is 0 Å². The number of rotatable bonds is 4. The van der Waals surface area contributed by atoms with Crippen LogP contribution in [0.5, 0.6) is 0 Å². The van der Waals surface area contributed by atoms with Crippen molar-refractivity contribution in [1.82, 2.24) is 14.5 Å². The Labute approximate surface area is 169 Å². The van der Waals surface area contributed by atoms with E-state index in [1.165, 1.54) is 28.6 Å². The number of benzene rings is 1. The lowest BCUT2D eigenvalue weighted by molar-refractivity contribution is 0.102. The van der Waals surface area contributed by atoms with Gasteiger partial charge < -0.3 is 4.98 Å². The first-order valence-electron chi connectivity index (χ1n) is 9.37. The van der Waals surface area contributed by atoms with Crippen LogP contribution in [0.1, 0.15) is 33.6 Å². The second-order valence-electron chi connectivity index (χ2n) is 7.11. The number of fused-ring (bicyclic) bond motifs is 4. The Bertz CT molecular complexity index is 1280. The average Bonchev–Trinajstić information content (AvgIpc) is 3.30.